The van der Waals surface area contributed by atoms with Gasteiger partial charge in [0.15, 0.2) is 5.82 Å². The Labute approximate surface area is 126 Å². The van der Waals surface area contributed by atoms with Gasteiger partial charge in [0.05, 0.1) is 23.6 Å². The quantitative estimate of drug-likeness (QED) is 0.906. The van der Waals surface area contributed by atoms with Gasteiger partial charge in [0, 0.05) is 12.1 Å². The number of nitrogens with one attached hydrogen (secondary N) is 1. The number of hydrogen-bond donors (Lipinski definition) is 2. The molecule has 0 fully saturated rings. The van der Waals surface area contributed by atoms with Gasteiger partial charge in [-0.2, -0.15) is 5.10 Å². The molecule has 5 nitrogen and oxygen atoms in total. The molecule has 1 atom stereocenters. The lowest BCUT2D eigenvalue weighted by atomic mass is 10.1. The molecule has 0 aliphatic carbocycles. The van der Waals surface area contributed by atoms with Crippen LogP contribution < -0.4 is 5.32 Å². The van der Waals surface area contributed by atoms with Crippen LogP contribution in [0.5, 0.6) is 0 Å². The van der Waals surface area contributed by atoms with Crippen LogP contribution >= 0.6 is 0 Å². The largest absolute Gasteiger partial charge is 0.394 e. The average molecular weight is 309 g/mol. The van der Waals surface area contributed by atoms with E-state index in [1.165, 1.54) is 10.7 Å². The number of benzene rings is 1. The van der Waals surface area contributed by atoms with Crippen molar-refractivity contribution in [3.8, 4) is 5.69 Å². The highest BCUT2D eigenvalue weighted by Gasteiger charge is 2.21. The zero-order valence-electron chi connectivity index (χ0n) is 12.5. The number of rotatable bonds is 4. The Morgan fingerprint density at radius 3 is 2.68 bits per heavy atom. The summed E-state index contributed by atoms with van der Waals surface area (Å²) in [6.07, 6.45) is 0. The van der Waals surface area contributed by atoms with Gasteiger partial charge in [-0.05, 0) is 32.9 Å². The number of aliphatic hydroxyl groups excluding tert-OH is 1. The predicted octanol–water partition coefficient (Wildman–Crippen LogP) is 1.88. The second kappa shape index (κ2) is 6.23. The molecule has 22 heavy (non-hydrogen) atoms. The molecular weight excluding hydrogens is 292 g/mol. The van der Waals surface area contributed by atoms with Crippen molar-refractivity contribution in [3.05, 3.63) is 46.8 Å². The Kier molecular flexibility index (Phi) is 4.56. The SMILES string of the molecule is Cc1nn(-c2ccc(F)cc2F)c(C)c1C(=O)NC(C)CO. The predicted molar refractivity (Wildman–Crippen MR) is 77.0 cm³/mol. The van der Waals surface area contributed by atoms with Gasteiger partial charge in [0.25, 0.3) is 5.91 Å². The molecule has 0 radical (unpaired) electrons. The summed E-state index contributed by atoms with van der Waals surface area (Å²) in [6.45, 7) is 4.72. The van der Waals surface area contributed by atoms with Crippen molar-refractivity contribution < 1.29 is 18.7 Å². The molecule has 7 heteroatoms. The highest BCUT2D eigenvalue weighted by atomic mass is 19.1. The van der Waals surface area contributed by atoms with Crippen molar-refractivity contribution in [2.45, 2.75) is 26.8 Å². The van der Waals surface area contributed by atoms with E-state index < -0.39 is 23.6 Å². The first-order chi connectivity index (χ1) is 10.3. The molecule has 1 amide bonds. The van der Waals surface area contributed by atoms with E-state index in [4.69, 9.17) is 5.11 Å². The number of carbonyl (C=O) groups excluding carboxylic acids is 1. The van der Waals surface area contributed by atoms with Gasteiger partial charge in [-0.3, -0.25) is 4.79 Å². The van der Waals surface area contributed by atoms with Crippen molar-refractivity contribution in [3.63, 3.8) is 0 Å². The van der Waals surface area contributed by atoms with Crippen LogP contribution in [0.2, 0.25) is 0 Å². The van der Waals surface area contributed by atoms with Crippen LogP contribution in [0.25, 0.3) is 5.69 Å². The van der Waals surface area contributed by atoms with Gasteiger partial charge >= 0.3 is 0 Å². The minimum absolute atomic E-state index is 0.0660. The highest BCUT2D eigenvalue weighted by Crippen LogP contribution is 2.20. The average Bonchev–Trinajstić information content (AvgIpc) is 2.73. The van der Waals surface area contributed by atoms with E-state index >= 15 is 0 Å². The van der Waals surface area contributed by atoms with Crippen LogP contribution in [0.3, 0.4) is 0 Å². The first kappa shape index (κ1) is 16.1. The molecule has 1 unspecified atom stereocenters. The number of halogens is 2. The number of aliphatic hydroxyl groups is 1. The van der Waals surface area contributed by atoms with Crippen LogP contribution in [0.4, 0.5) is 8.78 Å². The molecular formula is C15H17F2N3O2. The van der Waals surface area contributed by atoms with E-state index in [-0.39, 0.29) is 12.3 Å². The second-order valence-electron chi connectivity index (χ2n) is 5.11. The zero-order chi connectivity index (χ0) is 16.4. The molecule has 2 aromatic rings. The maximum absolute atomic E-state index is 13.9. The molecule has 0 saturated heterocycles. The van der Waals surface area contributed by atoms with Crippen LogP contribution in [0, 0.1) is 25.5 Å². The van der Waals surface area contributed by atoms with Crippen molar-refractivity contribution in [1.82, 2.24) is 15.1 Å². The van der Waals surface area contributed by atoms with Crippen LogP contribution in [-0.2, 0) is 0 Å². The first-order valence-electron chi connectivity index (χ1n) is 6.78. The van der Waals surface area contributed by atoms with Gasteiger partial charge in [0.1, 0.15) is 11.5 Å². The Morgan fingerprint density at radius 1 is 1.41 bits per heavy atom. The van der Waals surface area contributed by atoms with Gasteiger partial charge in [-0.25, -0.2) is 13.5 Å². The van der Waals surface area contributed by atoms with E-state index in [1.54, 1.807) is 20.8 Å². The fourth-order valence-corrected chi connectivity index (χ4v) is 2.20. The monoisotopic (exact) mass is 309 g/mol. The Balaban J connectivity index is 2.45. The lowest BCUT2D eigenvalue weighted by Crippen LogP contribution is -2.35. The summed E-state index contributed by atoms with van der Waals surface area (Å²) in [5, 5.41) is 15.8. The third-order valence-electron chi connectivity index (χ3n) is 3.31. The number of amides is 1. The number of aromatic nitrogens is 2. The molecule has 0 aliphatic rings. The van der Waals surface area contributed by atoms with Crippen LogP contribution in [0.15, 0.2) is 18.2 Å². The summed E-state index contributed by atoms with van der Waals surface area (Å²) in [4.78, 5) is 12.2. The number of nitrogens with zero attached hydrogens (tertiary/aromatic N) is 2. The normalized spacial score (nSPS) is 12.3. The van der Waals surface area contributed by atoms with Crippen molar-refractivity contribution in [2.75, 3.05) is 6.61 Å². The molecule has 0 bridgehead atoms. The van der Waals surface area contributed by atoms with Gasteiger partial charge in [-0.15, -0.1) is 0 Å². The van der Waals surface area contributed by atoms with E-state index in [0.29, 0.717) is 17.0 Å². The number of carbonyl (C=O) groups is 1. The van der Waals surface area contributed by atoms with Crippen molar-refractivity contribution >= 4 is 5.91 Å². The molecule has 1 aromatic heterocycles. The van der Waals surface area contributed by atoms with E-state index in [9.17, 15) is 13.6 Å². The first-order valence-corrected chi connectivity index (χ1v) is 6.78. The second-order valence-corrected chi connectivity index (χ2v) is 5.11. The summed E-state index contributed by atoms with van der Waals surface area (Å²) in [6, 6.07) is 2.75. The molecule has 2 rings (SSSR count). The van der Waals surface area contributed by atoms with E-state index in [1.807, 2.05) is 0 Å². The Bertz CT molecular complexity index is 713. The maximum atomic E-state index is 13.9. The standard InChI is InChI=1S/C15H17F2N3O2/c1-8(7-21)18-15(22)14-9(2)19-20(10(14)3)13-5-4-11(16)6-12(13)17/h4-6,8,21H,7H2,1-3H3,(H,18,22). The van der Waals surface area contributed by atoms with Gasteiger partial charge < -0.3 is 10.4 Å². The lowest BCUT2D eigenvalue weighted by Gasteiger charge is -2.11. The van der Waals surface area contributed by atoms with Crippen molar-refractivity contribution in [1.29, 1.82) is 0 Å². The fourth-order valence-electron chi connectivity index (χ4n) is 2.20. The maximum Gasteiger partial charge on any atom is 0.255 e. The smallest absolute Gasteiger partial charge is 0.255 e. The fraction of sp³-hybridized carbons (Fsp3) is 0.333. The molecule has 0 saturated carbocycles. The molecule has 0 aliphatic heterocycles. The highest BCUT2D eigenvalue weighted by molar-refractivity contribution is 5.96. The minimum Gasteiger partial charge on any atom is -0.394 e. The molecule has 2 N–H and O–H groups in total. The van der Waals surface area contributed by atoms with Gasteiger partial charge in [-0.1, -0.05) is 0 Å². The Morgan fingerprint density at radius 2 is 2.09 bits per heavy atom. The third kappa shape index (κ3) is 2.99. The topological polar surface area (TPSA) is 67.2 Å². The van der Waals surface area contributed by atoms with Crippen LogP contribution in [0.1, 0.15) is 28.7 Å². The van der Waals surface area contributed by atoms with Crippen molar-refractivity contribution in [2.24, 2.45) is 0 Å². The number of hydrogen-bond acceptors (Lipinski definition) is 3. The summed E-state index contributed by atoms with van der Waals surface area (Å²) >= 11 is 0. The summed E-state index contributed by atoms with van der Waals surface area (Å²) < 4.78 is 28.2. The molecule has 118 valence electrons. The summed E-state index contributed by atoms with van der Waals surface area (Å²) in [7, 11) is 0. The third-order valence-corrected chi connectivity index (χ3v) is 3.31. The van der Waals surface area contributed by atoms with Gasteiger partial charge in [0.2, 0.25) is 0 Å². The minimum atomic E-state index is -0.763. The van der Waals surface area contributed by atoms with E-state index in [2.05, 4.69) is 10.4 Å². The van der Waals surface area contributed by atoms with Crippen LogP contribution in [-0.4, -0.2) is 33.4 Å². The summed E-state index contributed by atoms with van der Waals surface area (Å²) in [5.41, 5.74) is 1.23. The summed E-state index contributed by atoms with van der Waals surface area (Å²) in [5.74, 6) is -1.84. The lowest BCUT2D eigenvalue weighted by molar-refractivity contribution is 0.0921. The molecule has 1 heterocycles. The molecule has 1 aromatic carbocycles. The Hall–Kier alpha value is -2.28. The van der Waals surface area contributed by atoms with E-state index in [0.717, 1.165) is 12.1 Å². The zero-order valence-corrected chi connectivity index (χ0v) is 12.5. The number of aryl methyl sites for hydroxylation is 1. The molecule has 0 spiro atoms.